The van der Waals surface area contributed by atoms with Gasteiger partial charge in [0.25, 0.3) is 11.7 Å². The Hall–Kier alpha value is -1.64. The first-order valence-electron chi connectivity index (χ1n) is 5.54. The molecule has 0 aliphatic carbocycles. The molecule has 3 nitrogen and oxygen atoms in total. The first-order valence-corrected chi connectivity index (χ1v) is 5.54. The van der Waals surface area contributed by atoms with Crippen LogP contribution < -0.4 is 4.90 Å². The minimum Gasteiger partial charge on any atom is -0.304 e. The van der Waals surface area contributed by atoms with Gasteiger partial charge in [-0.05, 0) is 31.4 Å². The van der Waals surface area contributed by atoms with Crippen LogP contribution in [0.2, 0.25) is 0 Å². The van der Waals surface area contributed by atoms with Gasteiger partial charge in [0.2, 0.25) is 0 Å². The molecule has 84 valence electrons. The van der Waals surface area contributed by atoms with Crippen molar-refractivity contribution in [2.24, 2.45) is 0 Å². The van der Waals surface area contributed by atoms with E-state index in [0.29, 0.717) is 12.1 Å². The molecule has 1 aliphatic heterocycles. The standard InChI is InChI=1S/C13H15NO2/c1-4-7-14-11-9(3)6-5-8(2)10(11)12(15)13(14)16/h5-6H,4,7H2,1-3H3. The van der Waals surface area contributed by atoms with E-state index in [9.17, 15) is 9.59 Å². The highest BCUT2D eigenvalue weighted by Crippen LogP contribution is 2.34. The fraction of sp³-hybridized carbons (Fsp3) is 0.385. The molecule has 0 aromatic heterocycles. The molecule has 0 N–H and O–H groups in total. The maximum atomic E-state index is 11.9. The Balaban J connectivity index is 2.64. The second-order valence-corrected chi connectivity index (χ2v) is 4.21. The third-order valence-electron chi connectivity index (χ3n) is 2.97. The molecule has 1 aromatic carbocycles. The third-order valence-corrected chi connectivity index (χ3v) is 2.97. The van der Waals surface area contributed by atoms with Gasteiger partial charge in [-0.2, -0.15) is 0 Å². The maximum absolute atomic E-state index is 11.9. The first kappa shape index (κ1) is 10.9. The maximum Gasteiger partial charge on any atom is 0.299 e. The van der Waals surface area contributed by atoms with Gasteiger partial charge in [0, 0.05) is 6.54 Å². The number of fused-ring (bicyclic) bond motifs is 1. The number of hydrogen-bond donors (Lipinski definition) is 0. The number of hydrogen-bond acceptors (Lipinski definition) is 2. The van der Waals surface area contributed by atoms with Crippen molar-refractivity contribution in [2.45, 2.75) is 27.2 Å². The average Bonchev–Trinajstić information content (AvgIpc) is 2.50. The molecule has 0 bridgehead atoms. The van der Waals surface area contributed by atoms with E-state index >= 15 is 0 Å². The van der Waals surface area contributed by atoms with Gasteiger partial charge >= 0.3 is 0 Å². The Kier molecular flexibility index (Phi) is 2.54. The van der Waals surface area contributed by atoms with E-state index in [1.807, 2.05) is 32.9 Å². The van der Waals surface area contributed by atoms with Crippen LogP contribution in [0.5, 0.6) is 0 Å². The number of ketones is 1. The number of aryl methyl sites for hydroxylation is 2. The molecule has 0 spiro atoms. The lowest BCUT2D eigenvalue weighted by atomic mass is 10.0. The monoisotopic (exact) mass is 217 g/mol. The zero-order chi connectivity index (χ0) is 11.9. The van der Waals surface area contributed by atoms with Crippen molar-refractivity contribution in [1.29, 1.82) is 0 Å². The summed E-state index contributed by atoms with van der Waals surface area (Å²) in [6.07, 6.45) is 0.853. The summed E-state index contributed by atoms with van der Waals surface area (Å²) in [5, 5.41) is 0. The van der Waals surface area contributed by atoms with E-state index < -0.39 is 0 Å². The lowest BCUT2D eigenvalue weighted by molar-refractivity contribution is -0.114. The summed E-state index contributed by atoms with van der Waals surface area (Å²) in [7, 11) is 0. The summed E-state index contributed by atoms with van der Waals surface area (Å²) in [4.78, 5) is 25.3. The van der Waals surface area contributed by atoms with Crippen molar-refractivity contribution < 1.29 is 9.59 Å². The average molecular weight is 217 g/mol. The van der Waals surface area contributed by atoms with Gasteiger partial charge < -0.3 is 4.90 Å². The molecule has 0 unspecified atom stereocenters. The van der Waals surface area contributed by atoms with Crippen LogP contribution in [0.4, 0.5) is 5.69 Å². The third kappa shape index (κ3) is 1.35. The van der Waals surface area contributed by atoms with E-state index in [0.717, 1.165) is 23.2 Å². The molecule has 3 heteroatoms. The normalized spacial score (nSPS) is 14.6. The Morgan fingerprint density at radius 3 is 2.38 bits per heavy atom. The molecule has 1 amide bonds. The summed E-state index contributed by atoms with van der Waals surface area (Å²) in [6, 6.07) is 3.86. The highest BCUT2D eigenvalue weighted by atomic mass is 16.2. The van der Waals surface area contributed by atoms with Crippen molar-refractivity contribution >= 4 is 17.4 Å². The van der Waals surface area contributed by atoms with Crippen LogP contribution in [0.3, 0.4) is 0 Å². The highest BCUT2D eigenvalue weighted by Gasteiger charge is 2.37. The van der Waals surface area contributed by atoms with Crippen molar-refractivity contribution in [2.75, 3.05) is 11.4 Å². The topological polar surface area (TPSA) is 37.4 Å². The number of amides is 1. The fourth-order valence-electron chi connectivity index (χ4n) is 2.20. The summed E-state index contributed by atoms with van der Waals surface area (Å²) >= 11 is 0. The van der Waals surface area contributed by atoms with E-state index in [-0.39, 0.29) is 11.7 Å². The van der Waals surface area contributed by atoms with E-state index in [2.05, 4.69) is 0 Å². The summed E-state index contributed by atoms with van der Waals surface area (Å²) in [6.45, 7) is 6.43. The number of Topliss-reactive ketones (excluding diaryl/α,β-unsaturated/α-hetero) is 1. The molecule has 1 aromatic rings. The fourth-order valence-corrected chi connectivity index (χ4v) is 2.20. The minimum atomic E-state index is -0.380. The molecule has 2 rings (SSSR count). The lowest BCUT2D eigenvalue weighted by Crippen LogP contribution is -2.30. The van der Waals surface area contributed by atoms with E-state index in [1.54, 1.807) is 4.90 Å². The van der Waals surface area contributed by atoms with Gasteiger partial charge in [0.1, 0.15) is 0 Å². The Morgan fingerprint density at radius 2 is 1.75 bits per heavy atom. The van der Waals surface area contributed by atoms with E-state index in [4.69, 9.17) is 0 Å². The Morgan fingerprint density at radius 1 is 1.12 bits per heavy atom. The molecule has 0 saturated heterocycles. The number of carbonyl (C=O) groups is 2. The predicted molar refractivity (Wildman–Crippen MR) is 62.9 cm³/mol. The number of nitrogens with zero attached hydrogens (tertiary/aromatic N) is 1. The van der Waals surface area contributed by atoms with Crippen LogP contribution in [-0.2, 0) is 4.79 Å². The molecule has 0 radical (unpaired) electrons. The summed E-state index contributed by atoms with van der Waals surface area (Å²) in [5.41, 5.74) is 3.29. The molecule has 0 atom stereocenters. The first-order chi connectivity index (χ1) is 7.57. The van der Waals surface area contributed by atoms with Gasteiger partial charge in [-0.15, -0.1) is 0 Å². The zero-order valence-electron chi connectivity index (χ0n) is 9.83. The van der Waals surface area contributed by atoms with Crippen LogP contribution in [0.15, 0.2) is 12.1 Å². The largest absolute Gasteiger partial charge is 0.304 e. The van der Waals surface area contributed by atoms with Gasteiger partial charge in [-0.1, -0.05) is 19.1 Å². The quantitative estimate of drug-likeness (QED) is 0.712. The van der Waals surface area contributed by atoms with Crippen LogP contribution in [0, 0.1) is 13.8 Å². The number of carbonyl (C=O) groups excluding carboxylic acids is 2. The Bertz CT molecular complexity index is 477. The highest BCUT2D eigenvalue weighted by molar-refractivity contribution is 6.52. The molecule has 1 aliphatic rings. The minimum absolute atomic E-state index is 0.357. The van der Waals surface area contributed by atoms with Gasteiger partial charge in [-0.25, -0.2) is 0 Å². The van der Waals surface area contributed by atoms with Crippen molar-refractivity contribution in [1.82, 2.24) is 0 Å². The second-order valence-electron chi connectivity index (χ2n) is 4.21. The van der Waals surface area contributed by atoms with Crippen molar-refractivity contribution in [3.05, 3.63) is 28.8 Å². The smallest absolute Gasteiger partial charge is 0.299 e. The van der Waals surface area contributed by atoms with Crippen LogP contribution in [0.1, 0.15) is 34.8 Å². The Labute approximate surface area is 95.1 Å². The summed E-state index contributed by atoms with van der Waals surface area (Å²) in [5.74, 6) is -0.737. The summed E-state index contributed by atoms with van der Waals surface area (Å²) < 4.78 is 0. The van der Waals surface area contributed by atoms with Crippen LogP contribution in [0.25, 0.3) is 0 Å². The van der Waals surface area contributed by atoms with Crippen LogP contribution >= 0.6 is 0 Å². The van der Waals surface area contributed by atoms with Gasteiger partial charge in [0.15, 0.2) is 0 Å². The molecule has 1 heterocycles. The lowest BCUT2D eigenvalue weighted by Gasteiger charge is -2.17. The molecule has 0 saturated carbocycles. The predicted octanol–water partition coefficient (Wildman–Crippen LogP) is 2.24. The van der Waals surface area contributed by atoms with Gasteiger partial charge in [-0.3, -0.25) is 9.59 Å². The van der Waals surface area contributed by atoms with Crippen molar-refractivity contribution in [3.63, 3.8) is 0 Å². The van der Waals surface area contributed by atoms with Crippen molar-refractivity contribution in [3.8, 4) is 0 Å². The number of benzene rings is 1. The molecular weight excluding hydrogens is 202 g/mol. The second kappa shape index (κ2) is 3.74. The number of anilines is 1. The SMILES string of the molecule is CCCN1C(=O)C(=O)c2c(C)ccc(C)c21. The molecule has 0 fully saturated rings. The van der Waals surface area contributed by atoms with Gasteiger partial charge in [0.05, 0.1) is 11.3 Å². The van der Waals surface area contributed by atoms with E-state index in [1.165, 1.54) is 0 Å². The van der Waals surface area contributed by atoms with Crippen LogP contribution in [-0.4, -0.2) is 18.2 Å². The molecule has 16 heavy (non-hydrogen) atoms. The molecular formula is C13H15NO2. The number of rotatable bonds is 2. The zero-order valence-corrected chi connectivity index (χ0v) is 9.83.